The van der Waals surface area contributed by atoms with E-state index in [9.17, 15) is 0 Å². The molecule has 1 aliphatic rings. The minimum absolute atomic E-state index is 0.0274. The van der Waals surface area contributed by atoms with E-state index in [1.807, 2.05) is 0 Å². The largest absolute Gasteiger partial charge is 0.496 e. The van der Waals surface area contributed by atoms with E-state index < -0.39 is 5.41 Å². The van der Waals surface area contributed by atoms with Gasteiger partial charge in [-0.05, 0) is 34.1 Å². The Bertz CT molecular complexity index is 1030. The van der Waals surface area contributed by atoms with Crippen molar-refractivity contribution in [1.29, 1.82) is 0 Å². The lowest BCUT2D eigenvalue weighted by molar-refractivity contribution is 0.388. The van der Waals surface area contributed by atoms with Crippen LogP contribution in [-0.4, -0.2) is 7.11 Å². The van der Waals surface area contributed by atoms with E-state index in [1.54, 1.807) is 7.11 Å². The number of hydrogen-bond acceptors (Lipinski definition) is 1. The molecule has 0 unspecified atom stereocenters. The maximum atomic E-state index is 6.16. The van der Waals surface area contributed by atoms with E-state index in [1.165, 1.54) is 27.8 Å². The lowest BCUT2D eigenvalue weighted by Gasteiger charge is -2.39. The fourth-order valence-electron chi connectivity index (χ4n) is 4.72. The smallest absolute Gasteiger partial charge is 0.127 e. The average molecular weight is 395 g/mol. The molecule has 30 heavy (non-hydrogen) atoms. The third-order valence-electron chi connectivity index (χ3n) is 6.05. The molecule has 0 saturated heterocycles. The standard InChI is InChI=1S/C29H30O/c1-28(2,3)25-20-13-21-26(27(25)30-4)29(24-18-11-12-19-24,22-14-7-5-8-15-22)23-16-9-6-10-17-23/h5-11,13-21H,12H2,1-4H3. The third kappa shape index (κ3) is 3.29. The number of methoxy groups -OCH3 is 1. The number of rotatable bonds is 5. The van der Waals surface area contributed by atoms with Crippen LogP contribution in [0.5, 0.6) is 5.75 Å². The number of hydrogen-bond donors (Lipinski definition) is 0. The van der Waals surface area contributed by atoms with Crippen molar-refractivity contribution in [3.63, 3.8) is 0 Å². The molecule has 0 spiro atoms. The molecule has 1 heteroatoms. The van der Waals surface area contributed by atoms with E-state index in [0.717, 1.165) is 12.2 Å². The molecule has 152 valence electrons. The molecule has 0 atom stereocenters. The van der Waals surface area contributed by atoms with Crippen molar-refractivity contribution in [3.8, 4) is 5.75 Å². The van der Waals surface area contributed by atoms with Gasteiger partial charge >= 0.3 is 0 Å². The van der Waals surface area contributed by atoms with Gasteiger partial charge in [0.2, 0.25) is 0 Å². The Labute approximate surface area is 180 Å². The molecule has 0 N–H and O–H groups in total. The van der Waals surface area contributed by atoms with Crippen LogP contribution in [0.1, 0.15) is 49.4 Å². The Hall–Kier alpha value is -3.06. The van der Waals surface area contributed by atoms with Crippen LogP contribution >= 0.6 is 0 Å². The fourth-order valence-corrected chi connectivity index (χ4v) is 4.72. The van der Waals surface area contributed by atoms with Crippen LogP contribution in [0, 0.1) is 0 Å². The summed E-state index contributed by atoms with van der Waals surface area (Å²) in [6, 6.07) is 28.3. The van der Waals surface area contributed by atoms with Crippen LogP contribution in [0.4, 0.5) is 0 Å². The van der Waals surface area contributed by atoms with E-state index in [0.29, 0.717) is 0 Å². The van der Waals surface area contributed by atoms with Gasteiger partial charge < -0.3 is 4.74 Å². The quantitative estimate of drug-likeness (QED) is 0.415. The second kappa shape index (κ2) is 7.99. The minimum atomic E-state index is -0.442. The summed E-state index contributed by atoms with van der Waals surface area (Å²) < 4.78 is 6.16. The molecule has 0 aliphatic heterocycles. The van der Waals surface area contributed by atoms with Crippen LogP contribution in [0.3, 0.4) is 0 Å². The molecule has 0 saturated carbocycles. The molecule has 0 radical (unpaired) electrons. The average Bonchev–Trinajstić information content (AvgIpc) is 3.30. The predicted octanol–water partition coefficient (Wildman–Crippen LogP) is 7.21. The lowest BCUT2D eigenvalue weighted by Crippen LogP contribution is -2.32. The molecule has 0 amide bonds. The zero-order valence-corrected chi connectivity index (χ0v) is 18.4. The van der Waals surface area contributed by atoms with E-state index in [4.69, 9.17) is 4.74 Å². The zero-order valence-electron chi connectivity index (χ0n) is 18.4. The molecule has 1 nitrogen and oxygen atoms in total. The van der Waals surface area contributed by atoms with Gasteiger partial charge in [-0.15, -0.1) is 0 Å². The SMILES string of the molecule is COc1c(C(C)(C)C)cccc1C(C1=CCC=C1)(c1ccccc1)c1ccccc1. The highest BCUT2D eigenvalue weighted by atomic mass is 16.5. The summed E-state index contributed by atoms with van der Waals surface area (Å²) in [6.07, 6.45) is 7.83. The number of ether oxygens (including phenoxy) is 1. The number of benzene rings is 3. The summed E-state index contributed by atoms with van der Waals surface area (Å²) in [5, 5.41) is 0. The van der Waals surface area contributed by atoms with E-state index in [2.05, 4.69) is 118 Å². The maximum absolute atomic E-state index is 6.16. The topological polar surface area (TPSA) is 9.23 Å². The zero-order chi connectivity index (χ0) is 21.2. The first-order chi connectivity index (χ1) is 14.5. The highest BCUT2D eigenvalue weighted by molar-refractivity contribution is 5.66. The van der Waals surface area contributed by atoms with Gasteiger partial charge in [0, 0.05) is 5.56 Å². The summed E-state index contributed by atoms with van der Waals surface area (Å²) >= 11 is 0. The molecular weight excluding hydrogens is 364 g/mol. The molecule has 4 rings (SSSR count). The molecule has 3 aromatic rings. The second-order valence-corrected chi connectivity index (χ2v) is 8.92. The highest BCUT2D eigenvalue weighted by Gasteiger charge is 2.42. The van der Waals surface area contributed by atoms with Crippen LogP contribution in [-0.2, 0) is 10.8 Å². The maximum Gasteiger partial charge on any atom is 0.127 e. The van der Waals surface area contributed by atoms with Crippen molar-refractivity contribution in [1.82, 2.24) is 0 Å². The minimum Gasteiger partial charge on any atom is -0.496 e. The van der Waals surface area contributed by atoms with Crippen molar-refractivity contribution in [2.45, 2.75) is 38.0 Å². The summed E-state index contributed by atoms with van der Waals surface area (Å²) in [5.74, 6) is 0.971. The Kier molecular flexibility index (Phi) is 5.39. The molecule has 0 heterocycles. The summed E-state index contributed by atoms with van der Waals surface area (Å²) in [5.41, 5.74) is 5.73. The van der Waals surface area contributed by atoms with Gasteiger partial charge in [0.05, 0.1) is 12.5 Å². The van der Waals surface area contributed by atoms with Gasteiger partial charge in [-0.2, -0.15) is 0 Å². The Morgan fingerprint density at radius 3 is 1.73 bits per heavy atom. The summed E-state index contributed by atoms with van der Waals surface area (Å²) in [7, 11) is 1.80. The fraction of sp³-hybridized carbons (Fsp3) is 0.241. The highest BCUT2D eigenvalue weighted by Crippen LogP contribution is 2.51. The van der Waals surface area contributed by atoms with Gasteiger partial charge in [-0.25, -0.2) is 0 Å². The molecular formula is C29H30O. The van der Waals surface area contributed by atoms with Crippen LogP contribution < -0.4 is 4.74 Å². The first-order valence-corrected chi connectivity index (χ1v) is 10.7. The normalized spacial score (nSPS) is 13.9. The first-order valence-electron chi connectivity index (χ1n) is 10.7. The predicted molar refractivity (Wildman–Crippen MR) is 126 cm³/mol. The molecule has 0 fully saturated rings. The number of allylic oxidation sites excluding steroid dienone is 4. The summed E-state index contributed by atoms with van der Waals surface area (Å²) in [4.78, 5) is 0. The second-order valence-electron chi connectivity index (χ2n) is 8.92. The first kappa shape index (κ1) is 20.2. The summed E-state index contributed by atoms with van der Waals surface area (Å²) in [6.45, 7) is 6.74. The van der Waals surface area contributed by atoms with Crippen molar-refractivity contribution in [3.05, 3.63) is 125 Å². The van der Waals surface area contributed by atoms with E-state index >= 15 is 0 Å². The van der Waals surface area contributed by atoms with Crippen molar-refractivity contribution in [2.24, 2.45) is 0 Å². The monoisotopic (exact) mass is 394 g/mol. The van der Waals surface area contributed by atoms with Crippen molar-refractivity contribution >= 4 is 0 Å². The van der Waals surface area contributed by atoms with Crippen LogP contribution in [0.2, 0.25) is 0 Å². The molecule has 1 aliphatic carbocycles. The van der Waals surface area contributed by atoms with Gasteiger partial charge in [0.15, 0.2) is 0 Å². The van der Waals surface area contributed by atoms with E-state index in [-0.39, 0.29) is 5.41 Å². The third-order valence-corrected chi connectivity index (χ3v) is 6.05. The van der Waals surface area contributed by atoms with Gasteiger partial charge in [0.1, 0.15) is 5.75 Å². The van der Waals surface area contributed by atoms with Gasteiger partial charge in [-0.1, -0.05) is 118 Å². The lowest BCUT2D eigenvalue weighted by atomic mass is 9.63. The van der Waals surface area contributed by atoms with Crippen molar-refractivity contribution in [2.75, 3.05) is 7.11 Å². The molecule has 3 aromatic carbocycles. The Balaban J connectivity index is 2.17. The van der Waals surface area contributed by atoms with Gasteiger partial charge in [-0.3, -0.25) is 0 Å². The van der Waals surface area contributed by atoms with Crippen LogP contribution in [0.15, 0.2) is 103 Å². The van der Waals surface area contributed by atoms with Crippen LogP contribution in [0.25, 0.3) is 0 Å². The molecule has 0 bridgehead atoms. The number of para-hydroxylation sites is 1. The molecule has 0 aromatic heterocycles. The van der Waals surface area contributed by atoms with Gasteiger partial charge in [0.25, 0.3) is 0 Å². The Morgan fingerprint density at radius 1 is 0.700 bits per heavy atom. The van der Waals surface area contributed by atoms with Crippen molar-refractivity contribution < 1.29 is 4.74 Å². The Morgan fingerprint density at radius 2 is 1.27 bits per heavy atom.